The van der Waals surface area contributed by atoms with Crippen molar-refractivity contribution in [3.63, 3.8) is 0 Å². The smallest absolute Gasteiger partial charge is 0.190 e. The first-order valence-corrected chi connectivity index (χ1v) is 2.60. The summed E-state index contributed by atoms with van der Waals surface area (Å²) in [6.45, 7) is 0. The van der Waals surface area contributed by atoms with Crippen molar-refractivity contribution in [1.82, 2.24) is 0 Å². The molecule has 1 aromatic rings. The Labute approximate surface area is 56.5 Å². The summed E-state index contributed by atoms with van der Waals surface area (Å²) in [4.78, 5) is 2.41. The Balaban J connectivity index is 2.76. The summed E-state index contributed by atoms with van der Waals surface area (Å²) in [5.74, 6) is 0.248. The zero-order valence-electron chi connectivity index (χ0n) is 5.01. The fourth-order valence-electron chi connectivity index (χ4n) is 0.544. The van der Waals surface area contributed by atoms with Gasteiger partial charge < -0.3 is 9.52 Å². The predicted octanol–water partition coefficient (Wildman–Crippen LogP) is 1.58. The number of rotatable bonds is 2. The van der Waals surface area contributed by atoms with Crippen LogP contribution >= 0.6 is 0 Å². The van der Waals surface area contributed by atoms with E-state index < -0.39 is 6.23 Å². The van der Waals surface area contributed by atoms with Crippen LogP contribution in [0.3, 0.4) is 0 Å². The molecule has 0 aromatic carbocycles. The van der Waals surface area contributed by atoms with Crippen LogP contribution in [0.5, 0.6) is 0 Å². The van der Waals surface area contributed by atoms with E-state index in [1.165, 1.54) is 12.3 Å². The van der Waals surface area contributed by atoms with Gasteiger partial charge in [-0.25, -0.2) is 0 Å². The molecule has 0 saturated carbocycles. The van der Waals surface area contributed by atoms with Gasteiger partial charge in [-0.05, 0) is 17.7 Å². The maximum absolute atomic E-state index is 8.90. The molecule has 1 rings (SSSR count). The van der Waals surface area contributed by atoms with E-state index in [-0.39, 0.29) is 5.76 Å². The molecule has 0 radical (unpaired) electrons. The highest BCUT2D eigenvalue weighted by molar-refractivity contribution is 5.00. The minimum absolute atomic E-state index is 0.248. The van der Waals surface area contributed by atoms with E-state index in [0.717, 1.165) is 0 Å². The summed E-state index contributed by atoms with van der Waals surface area (Å²) in [5, 5.41) is 11.9. The van der Waals surface area contributed by atoms with Crippen molar-refractivity contribution < 1.29 is 9.52 Å². The molecule has 0 aliphatic carbocycles. The molecular formula is C5H5N3O2. The number of aliphatic hydroxyl groups is 1. The highest BCUT2D eigenvalue weighted by Crippen LogP contribution is 2.13. The molecule has 52 valence electrons. The third kappa shape index (κ3) is 1.28. The Morgan fingerprint density at radius 1 is 1.80 bits per heavy atom. The lowest BCUT2D eigenvalue weighted by atomic mass is 10.4. The largest absolute Gasteiger partial charge is 0.466 e. The van der Waals surface area contributed by atoms with Gasteiger partial charge in [0, 0.05) is 4.91 Å². The number of hydrogen-bond acceptors (Lipinski definition) is 3. The molecule has 1 atom stereocenters. The number of hydrogen-bond donors (Lipinski definition) is 1. The van der Waals surface area contributed by atoms with Crippen LogP contribution in [-0.2, 0) is 0 Å². The van der Waals surface area contributed by atoms with Gasteiger partial charge in [0.15, 0.2) is 6.23 Å². The first-order chi connectivity index (χ1) is 4.84. The molecule has 1 N–H and O–H groups in total. The molecule has 0 amide bonds. The molecule has 0 unspecified atom stereocenters. The highest BCUT2D eigenvalue weighted by Gasteiger charge is 2.05. The molecular weight excluding hydrogens is 134 g/mol. The molecule has 10 heavy (non-hydrogen) atoms. The maximum atomic E-state index is 8.90. The highest BCUT2D eigenvalue weighted by atomic mass is 16.4. The zero-order valence-corrected chi connectivity index (χ0v) is 5.01. The standard InChI is InChI=1S/C5H5N3O2/c6-8-7-5(9)4-2-1-3-10-4/h1-3,5,9H/t5-/m0/s1. The van der Waals surface area contributed by atoms with Crippen LogP contribution in [0.25, 0.3) is 10.4 Å². The van der Waals surface area contributed by atoms with E-state index in [2.05, 4.69) is 10.0 Å². The van der Waals surface area contributed by atoms with E-state index in [9.17, 15) is 0 Å². The van der Waals surface area contributed by atoms with Crippen molar-refractivity contribution in [3.8, 4) is 0 Å². The normalized spacial score (nSPS) is 12.1. The second-order valence-corrected chi connectivity index (χ2v) is 1.59. The topological polar surface area (TPSA) is 82.1 Å². The molecule has 0 spiro atoms. The third-order valence-corrected chi connectivity index (χ3v) is 0.959. The maximum Gasteiger partial charge on any atom is 0.190 e. The Kier molecular flexibility index (Phi) is 1.94. The van der Waals surface area contributed by atoms with Gasteiger partial charge in [0.05, 0.1) is 6.26 Å². The Hall–Kier alpha value is -1.45. The SMILES string of the molecule is [N-]=[N+]=N[C@@H](O)c1ccco1. The van der Waals surface area contributed by atoms with Crippen molar-refractivity contribution >= 4 is 0 Å². The van der Waals surface area contributed by atoms with Crippen molar-refractivity contribution in [1.29, 1.82) is 0 Å². The Morgan fingerprint density at radius 3 is 3.10 bits per heavy atom. The van der Waals surface area contributed by atoms with Gasteiger partial charge >= 0.3 is 0 Å². The minimum atomic E-state index is -1.21. The third-order valence-electron chi connectivity index (χ3n) is 0.959. The summed E-state index contributed by atoms with van der Waals surface area (Å²) in [7, 11) is 0. The monoisotopic (exact) mass is 139 g/mol. The zero-order chi connectivity index (χ0) is 7.40. The van der Waals surface area contributed by atoms with Gasteiger partial charge in [-0.15, -0.1) is 0 Å². The fourth-order valence-corrected chi connectivity index (χ4v) is 0.544. The van der Waals surface area contributed by atoms with Crippen LogP contribution in [0, 0.1) is 0 Å². The summed E-state index contributed by atoms with van der Waals surface area (Å²) >= 11 is 0. The molecule has 1 aromatic heterocycles. The molecule has 5 heteroatoms. The number of nitrogens with zero attached hydrogens (tertiary/aromatic N) is 3. The summed E-state index contributed by atoms with van der Waals surface area (Å²) < 4.78 is 4.73. The number of furan rings is 1. The van der Waals surface area contributed by atoms with Gasteiger partial charge in [0.2, 0.25) is 0 Å². The van der Waals surface area contributed by atoms with Gasteiger partial charge in [-0.3, -0.25) is 0 Å². The lowest BCUT2D eigenvalue weighted by Crippen LogP contribution is -1.87. The molecule has 1 heterocycles. The average Bonchev–Trinajstić information content (AvgIpc) is 2.38. The summed E-state index contributed by atoms with van der Waals surface area (Å²) in [6, 6.07) is 3.13. The van der Waals surface area contributed by atoms with Crippen molar-refractivity contribution in [3.05, 3.63) is 34.6 Å². The summed E-state index contributed by atoms with van der Waals surface area (Å²) in [6.07, 6.45) is 0.186. The second-order valence-electron chi connectivity index (χ2n) is 1.59. The Morgan fingerprint density at radius 2 is 2.60 bits per heavy atom. The van der Waals surface area contributed by atoms with Crippen molar-refractivity contribution in [2.75, 3.05) is 0 Å². The lowest BCUT2D eigenvalue weighted by Gasteiger charge is -1.94. The predicted molar refractivity (Wildman–Crippen MR) is 32.8 cm³/mol. The van der Waals surface area contributed by atoms with Crippen LogP contribution in [0.4, 0.5) is 0 Å². The van der Waals surface area contributed by atoms with Gasteiger partial charge in [0.1, 0.15) is 5.76 Å². The van der Waals surface area contributed by atoms with E-state index in [4.69, 9.17) is 15.1 Å². The number of azide groups is 1. The van der Waals surface area contributed by atoms with Gasteiger partial charge in [-0.1, -0.05) is 5.11 Å². The molecule has 0 aliphatic rings. The first kappa shape index (κ1) is 6.67. The van der Waals surface area contributed by atoms with Crippen LogP contribution in [0.1, 0.15) is 12.0 Å². The average molecular weight is 139 g/mol. The fraction of sp³-hybridized carbons (Fsp3) is 0.200. The second kappa shape index (κ2) is 2.91. The molecule has 0 aliphatic heterocycles. The molecule has 0 bridgehead atoms. The molecule has 0 saturated heterocycles. The number of aliphatic hydroxyl groups excluding tert-OH is 1. The van der Waals surface area contributed by atoms with E-state index in [1.54, 1.807) is 6.07 Å². The summed E-state index contributed by atoms with van der Waals surface area (Å²) in [5.41, 5.74) is 7.89. The van der Waals surface area contributed by atoms with E-state index >= 15 is 0 Å². The van der Waals surface area contributed by atoms with Crippen molar-refractivity contribution in [2.45, 2.75) is 6.23 Å². The van der Waals surface area contributed by atoms with Crippen LogP contribution in [-0.4, -0.2) is 5.11 Å². The quantitative estimate of drug-likeness (QED) is 0.383. The first-order valence-electron chi connectivity index (χ1n) is 2.60. The van der Waals surface area contributed by atoms with E-state index in [1.807, 2.05) is 0 Å². The van der Waals surface area contributed by atoms with Gasteiger partial charge in [-0.2, -0.15) is 0 Å². The van der Waals surface area contributed by atoms with Crippen LogP contribution in [0.15, 0.2) is 27.9 Å². The lowest BCUT2D eigenvalue weighted by molar-refractivity contribution is 0.157. The van der Waals surface area contributed by atoms with Gasteiger partial charge in [0.25, 0.3) is 0 Å². The van der Waals surface area contributed by atoms with E-state index in [0.29, 0.717) is 0 Å². The molecule has 0 fully saturated rings. The van der Waals surface area contributed by atoms with Crippen LogP contribution < -0.4 is 0 Å². The van der Waals surface area contributed by atoms with Crippen molar-refractivity contribution in [2.24, 2.45) is 5.11 Å². The molecule has 5 nitrogen and oxygen atoms in total. The Bertz CT molecular complexity index is 237. The minimum Gasteiger partial charge on any atom is -0.466 e. The van der Waals surface area contributed by atoms with Crippen LogP contribution in [0.2, 0.25) is 0 Å².